The largest absolute Gasteiger partial charge is 0.456 e. The number of halogens is 2. The van der Waals surface area contributed by atoms with E-state index in [0.717, 1.165) is 6.08 Å². The van der Waals surface area contributed by atoms with Gasteiger partial charge in [-0.3, -0.25) is 14.4 Å². The average Bonchev–Trinajstić information content (AvgIpc) is 3.62. The van der Waals surface area contributed by atoms with E-state index < -0.39 is 35.2 Å². The minimum absolute atomic E-state index is 0.0396. The summed E-state index contributed by atoms with van der Waals surface area (Å²) in [4.78, 5) is 56.1. The summed E-state index contributed by atoms with van der Waals surface area (Å²) in [5, 5.41) is 13.7. The summed E-state index contributed by atoms with van der Waals surface area (Å²) < 4.78 is 27.0. The maximum absolute atomic E-state index is 15.3. The van der Waals surface area contributed by atoms with Crippen molar-refractivity contribution < 1.29 is 33.0 Å². The highest BCUT2D eigenvalue weighted by Crippen LogP contribution is 2.37. The van der Waals surface area contributed by atoms with Crippen LogP contribution in [0.1, 0.15) is 53.9 Å². The summed E-state index contributed by atoms with van der Waals surface area (Å²) in [5.74, 6) is -2.74. The van der Waals surface area contributed by atoms with Crippen molar-refractivity contribution in [1.29, 1.82) is 0 Å². The molecule has 0 aliphatic carbocycles. The first-order valence-corrected chi connectivity index (χ1v) is 15.9. The van der Waals surface area contributed by atoms with E-state index in [1.807, 2.05) is 0 Å². The van der Waals surface area contributed by atoms with Crippen LogP contribution in [0.4, 0.5) is 15.8 Å². The summed E-state index contributed by atoms with van der Waals surface area (Å²) in [6.45, 7) is 5.23. The first-order chi connectivity index (χ1) is 23.8. The van der Waals surface area contributed by atoms with Gasteiger partial charge in [-0.1, -0.05) is 23.7 Å². The first kappa shape index (κ1) is 35.8. The molecule has 2 heterocycles. The third kappa shape index (κ3) is 7.87. The number of carbonyl (C=O) groups excluding carboxylic acids is 4. The number of fused-ring (bicyclic) bond motifs is 1. The SMILES string of the molecule is COCC(=O)N(C)c1cccc2c1CCN(C(=O)/C=C/c1c(-n3cnnn3)ccc(Cl)c1F)C2C(=O)Nc1ccc(C(=O)OC(C)(C)C)cc1. The second kappa shape index (κ2) is 15.0. The number of aromatic nitrogens is 4. The predicted molar refractivity (Wildman–Crippen MR) is 183 cm³/mol. The molecule has 3 amide bonds. The molecule has 13 nitrogen and oxygen atoms in total. The maximum atomic E-state index is 15.3. The topological polar surface area (TPSA) is 149 Å². The van der Waals surface area contributed by atoms with Crippen LogP contribution in [0.2, 0.25) is 5.02 Å². The molecule has 1 aliphatic heterocycles. The first-order valence-electron chi connectivity index (χ1n) is 15.5. The second-order valence-electron chi connectivity index (χ2n) is 12.4. The van der Waals surface area contributed by atoms with Crippen molar-refractivity contribution in [2.45, 2.75) is 38.8 Å². The summed E-state index contributed by atoms with van der Waals surface area (Å²) >= 11 is 6.07. The number of tetrazole rings is 1. The Morgan fingerprint density at radius 3 is 2.50 bits per heavy atom. The highest BCUT2D eigenvalue weighted by Gasteiger charge is 2.37. The molecule has 0 spiro atoms. The number of benzene rings is 3. The van der Waals surface area contributed by atoms with Gasteiger partial charge in [0, 0.05) is 43.7 Å². The maximum Gasteiger partial charge on any atom is 0.338 e. The van der Waals surface area contributed by atoms with Crippen molar-refractivity contribution in [3.63, 3.8) is 0 Å². The number of hydrogen-bond acceptors (Lipinski definition) is 9. The summed E-state index contributed by atoms with van der Waals surface area (Å²) in [6.07, 6.45) is 4.00. The quantitative estimate of drug-likeness (QED) is 0.192. The molecule has 1 aliphatic rings. The number of anilines is 2. The Hall–Kier alpha value is -5.47. The summed E-state index contributed by atoms with van der Waals surface area (Å²) in [7, 11) is 3.03. The number of methoxy groups -OCH3 is 1. The fourth-order valence-corrected chi connectivity index (χ4v) is 5.68. The molecule has 1 aromatic heterocycles. The zero-order valence-electron chi connectivity index (χ0n) is 28.0. The van der Waals surface area contributed by atoms with Gasteiger partial charge in [0.25, 0.3) is 11.8 Å². The Bertz CT molecular complexity index is 1940. The number of hydrogen-bond donors (Lipinski definition) is 1. The lowest BCUT2D eigenvalue weighted by Crippen LogP contribution is -2.45. The second-order valence-corrected chi connectivity index (χ2v) is 12.8. The molecule has 260 valence electrons. The van der Waals surface area contributed by atoms with Gasteiger partial charge in [-0.15, -0.1) is 5.10 Å². The van der Waals surface area contributed by atoms with E-state index in [2.05, 4.69) is 20.8 Å². The zero-order valence-corrected chi connectivity index (χ0v) is 28.8. The van der Waals surface area contributed by atoms with E-state index in [1.54, 1.807) is 58.2 Å². The lowest BCUT2D eigenvalue weighted by Gasteiger charge is -2.37. The Morgan fingerprint density at radius 2 is 1.84 bits per heavy atom. The van der Waals surface area contributed by atoms with Gasteiger partial charge in [0.05, 0.1) is 16.3 Å². The number of carbonyl (C=O) groups is 4. The normalized spacial score (nSPS) is 14.3. The van der Waals surface area contributed by atoms with Gasteiger partial charge in [0.15, 0.2) is 5.82 Å². The van der Waals surface area contributed by atoms with Crippen LogP contribution in [0, 0.1) is 5.82 Å². The van der Waals surface area contributed by atoms with Gasteiger partial charge >= 0.3 is 5.97 Å². The number of amides is 3. The van der Waals surface area contributed by atoms with Crippen molar-refractivity contribution in [3.05, 3.63) is 100 Å². The number of esters is 1. The number of nitrogens with one attached hydrogen (secondary N) is 1. The summed E-state index contributed by atoms with van der Waals surface area (Å²) in [6, 6.07) is 13.1. The van der Waals surface area contributed by atoms with Gasteiger partial charge in [-0.2, -0.15) is 4.68 Å². The molecule has 0 saturated heterocycles. The van der Waals surface area contributed by atoms with Crippen LogP contribution in [-0.4, -0.2) is 81.7 Å². The van der Waals surface area contributed by atoms with Crippen LogP contribution in [-0.2, 0) is 30.3 Å². The van der Waals surface area contributed by atoms with Crippen LogP contribution >= 0.6 is 11.6 Å². The van der Waals surface area contributed by atoms with Crippen molar-refractivity contribution in [2.75, 3.05) is 37.5 Å². The minimum atomic E-state index is -1.16. The van der Waals surface area contributed by atoms with Crippen LogP contribution in [0.15, 0.2) is 67.0 Å². The third-order valence-electron chi connectivity index (χ3n) is 7.82. The average molecular weight is 704 g/mol. The minimum Gasteiger partial charge on any atom is -0.456 e. The number of rotatable bonds is 9. The Morgan fingerprint density at radius 1 is 1.10 bits per heavy atom. The monoisotopic (exact) mass is 703 g/mol. The van der Waals surface area contributed by atoms with Crippen molar-refractivity contribution >= 4 is 52.7 Å². The molecule has 3 aromatic carbocycles. The molecule has 1 atom stereocenters. The molecule has 1 unspecified atom stereocenters. The van der Waals surface area contributed by atoms with Crippen LogP contribution < -0.4 is 10.2 Å². The molecule has 4 aromatic rings. The van der Waals surface area contributed by atoms with Gasteiger partial charge in [0.1, 0.15) is 24.6 Å². The number of ether oxygens (including phenoxy) is 2. The van der Waals surface area contributed by atoms with Gasteiger partial charge in [-0.25, -0.2) is 9.18 Å². The molecular weight excluding hydrogens is 669 g/mol. The fourth-order valence-electron chi connectivity index (χ4n) is 5.51. The number of nitrogens with zero attached hydrogens (tertiary/aromatic N) is 6. The zero-order chi connectivity index (χ0) is 36.2. The Balaban J connectivity index is 1.50. The van der Waals surface area contributed by atoms with E-state index in [9.17, 15) is 19.2 Å². The molecule has 1 N–H and O–H groups in total. The standard InChI is InChI=1S/C35H35ClFN7O6/c1-35(2,3)50-34(48)21-9-11-22(12-10-21)39-33(47)32-24-7-6-8-27(42(4)30(46)19-49-5)23(24)17-18-43(32)29(45)16-13-25-28(44-20-38-40-41-44)15-14-26(36)31(25)37/h6-16,20,32H,17-19H2,1-5H3,(H,39,47)/b16-13+. The lowest BCUT2D eigenvalue weighted by atomic mass is 9.90. The van der Waals surface area contributed by atoms with E-state index in [4.69, 9.17) is 21.1 Å². The molecule has 0 fully saturated rings. The molecular formula is C35H35ClFN7O6. The van der Waals surface area contributed by atoms with E-state index >= 15 is 4.39 Å². The summed E-state index contributed by atoms with van der Waals surface area (Å²) in [5.41, 5.74) is 1.95. The fraction of sp³-hybridized carbons (Fsp3) is 0.286. The highest BCUT2D eigenvalue weighted by molar-refractivity contribution is 6.31. The van der Waals surface area contributed by atoms with Gasteiger partial charge < -0.3 is 24.6 Å². The smallest absolute Gasteiger partial charge is 0.338 e. The Kier molecular flexibility index (Phi) is 10.7. The molecule has 0 bridgehead atoms. The van der Waals surface area contributed by atoms with Crippen LogP contribution in [0.25, 0.3) is 11.8 Å². The van der Waals surface area contributed by atoms with Crippen LogP contribution in [0.3, 0.4) is 0 Å². The number of likely N-dealkylation sites (N-methyl/N-ethyl adjacent to an activating group) is 1. The predicted octanol–water partition coefficient (Wildman–Crippen LogP) is 4.80. The van der Waals surface area contributed by atoms with E-state index in [-0.39, 0.29) is 35.3 Å². The van der Waals surface area contributed by atoms with Crippen molar-refractivity contribution in [1.82, 2.24) is 25.1 Å². The molecule has 15 heteroatoms. The lowest BCUT2D eigenvalue weighted by molar-refractivity contribution is -0.135. The van der Waals surface area contributed by atoms with Gasteiger partial charge in [0.2, 0.25) is 5.91 Å². The van der Waals surface area contributed by atoms with Crippen molar-refractivity contribution in [2.24, 2.45) is 0 Å². The highest BCUT2D eigenvalue weighted by atomic mass is 35.5. The van der Waals surface area contributed by atoms with E-state index in [1.165, 1.54) is 58.3 Å². The molecule has 0 saturated carbocycles. The third-order valence-corrected chi connectivity index (χ3v) is 8.11. The molecule has 0 radical (unpaired) electrons. The van der Waals surface area contributed by atoms with Gasteiger partial charge in [-0.05, 0) is 97.3 Å². The van der Waals surface area contributed by atoms with Crippen LogP contribution in [0.5, 0.6) is 0 Å². The molecule has 5 rings (SSSR count). The molecule has 50 heavy (non-hydrogen) atoms. The van der Waals surface area contributed by atoms with E-state index in [0.29, 0.717) is 34.5 Å². The van der Waals surface area contributed by atoms with Crippen molar-refractivity contribution in [3.8, 4) is 5.69 Å². The Labute approximate surface area is 292 Å².